The van der Waals surface area contributed by atoms with Crippen LogP contribution in [0.2, 0.25) is 0 Å². The number of rotatable bonds is 5. The fraction of sp³-hybridized carbons (Fsp3) is 1.00. The molecule has 0 amide bonds. The van der Waals surface area contributed by atoms with Crippen LogP contribution in [-0.4, -0.2) is 44.3 Å². The van der Waals surface area contributed by atoms with Crippen LogP contribution < -0.4 is 5.73 Å². The normalized spacial score (nSPS) is 30.0. The van der Waals surface area contributed by atoms with Gasteiger partial charge in [-0.15, -0.1) is 0 Å². The van der Waals surface area contributed by atoms with E-state index in [1.165, 1.54) is 19.3 Å². The van der Waals surface area contributed by atoms with Gasteiger partial charge in [0.2, 0.25) is 0 Å². The highest BCUT2D eigenvalue weighted by molar-refractivity contribution is 5.01. The maximum atomic E-state index is 5.98. The molecule has 0 aromatic rings. The zero-order valence-corrected chi connectivity index (χ0v) is 10.7. The first-order valence-corrected chi connectivity index (χ1v) is 5.86. The summed E-state index contributed by atoms with van der Waals surface area (Å²) in [6.45, 7) is 7.21. The lowest BCUT2D eigenvalue weighted by Crippen LogP contribution is -2.51. The third-order valence-electron chi connectivity index (χ3n) is 3.90. The van der Waals surface area contributed by atoms with Gasteiger partial charge >= 0.3 is 0 Å². The summed E-state index contributed by atoms with van der Waals surface area (Å²) >= 11 is 0. The van der Waals surface area contributed by atoms with E-state index in [4.69, 9.17) is 10.5 Å². The summed E-state index contributed by atoms with van der Waals surface area (Å²) in [6.07, 6.45) is 3.70. The van der Waals surface area contributed by atoms with Crippen LogP contribution in [0.3, 0.4) is 0 Å². The molecule has 15 heavy (non-hydrogen) atoms. The van der Waals surface area contributed by atoms with E-state index >= 15 is 0 Å². The Balaban J connectivity index is 2.61. The summed E-state index contributed by atoms with van der Waals surface area (Å²) in [5, 5.41) is 0. The van der Waals surface area contributed by atoms with Crippen molar-refractivity contribution in [3.8, 4) is 0 Å². The van der Waals surface area contributed by atoms with Gasteiger partial charge in [-0.2, -0.15) is 0 Å². The van der Waals surface area contributed by atoms with Crippen LogP contribution in [0.5, 0.6) is 0 Å². The van der Waals surface area contributed by atoms with Crippen molar-refractivity contribution < 1.29 is 4.74 Å². The van der Waals surface area contributed by atoms with Crippen molar-refractivity contribution in [2.24, 2.45) is 11.1 Å². The molecule has 1 rings (SSSR count). The smallest absolute Gasteiger partial charge is 0.0589 e. The van der Waals surface area contributed by atoms with E-state index in [0.717, 1.165) is 19.7 Å². The molecule has 0 saturated heterocycles. The summed E-state index contributed by atoms with van der Waals surface area (Å²) in [6, 6.07) is 0. The third kappa shape index (κ3) is 2.92. The van der Waals surface area contributed by atoms with Gasteiger partial charge in [-0.05, 0) is 31.7 Å². The zero-order valence-electron chi connectivity index (χ0n) is 10.7. The molecule has 0 heterocycles. The minimum absolute atomic E-state index is 0.210. The van der Waals surface area contributed by atoms with E-state index in [1.54, 1.807) is 7.11 Å². The second-order valence-electron chi connectivity index (χ2n) is 5.68. The standard InChI is InChI=1S/C12H26N2O/c1-11(2)5-6-12(9-11,10-13)14(3)7-8-15-4/h5-10,13H2,1-4H3. The Morgan fingerprint density at radius 1 is 1.33 bits per heavy atom. The Labute approximate surface area is 94.0 Å². The Bertz CT molecular complexity index is 206. The molecule has 1 atom stereocenters. The predicted octanol–water partition coefficient (Wildman–Crippen LogP) is 1.47. The quantitative estimate of drug-likeness (QED) is 0.753. The number of hydrogen-bond acceptors (Lipinski definition) is 3. The highest BCUT2D eigenvalue weighted by atomic mass is 16.5. The molecule has 1 aliphatic carbocycles. The highest BCUT2D eigenvalue weighted by Gasteiger charge is 2.44. The first kappa shape index (κ1) is 12.9. The molecular weight excluding hydrogens is 188 g/mol. The molecule has 1 fully saturated rings. The molecule has 0 radical (unpaired) electrons. The van der Waals surface area contributed by atoms with Gasteiger partial charge in [-0.1, -0.05) is 13.8 Å². The molecule has 1 aliphatic rings. The van der Waals surface area contributed by atoms with Crippen LogP contribution in [0.15, 0.2) is 0 Å². The number of nitrogens with two attached hydrogens (primary N) is 1. The lowest BCUT2D eigenvalue weighted by Gasteiger charge is -2.39. The molecule has 1 saturated carbocycles. The van der Waals surface area contributed by atoms with Gasteiger partial charge in [0, 0.05) is 25.7 Å². The summed E-state index contributed by atoms with van der Waals surface area (Å²) in [4.78, 5) is 2.39. The summed E-state index contributed by atoms with van der Waals surface area (Å²) in [5.41, 5.74) is 6.64. The first-order valence-electron chi connectivity index (χ1n) is 5.86. The second-order valence-corrected chi connectivity index (χ2v) is 5.68. The third-order valence-corrected chi connectivity index (χ3v) is 3.90. The molecule has 1 unspecified atom stereocenters. The Kier molecular flexibility index (Phi) is 4.15. The Morgan fingerprint density at radius 3 is 2.40 bits per heavy atom. The van der Waals surface area contributed by atoms with Crippen LogP contribution in [0.25, 0.3) is 0 Å². The van der Waals surface area contributed by atoms with E-state index in [1.807, 2.05) is 0 Å². The largest absolute Gasteiger partial charge is 0.383 e. The number of methoxy groups -OCH3 is 1. The number of ether oxygens (including phenoxy) is 1. The minimum Gasteiger partial charge on any atom is -0.383 e. The zero-order chi connectivity index (χ0) is 11.5. The predicted molar refractivity (Wildman–Crippen MR) is 63.9 cm³/mol. The van der Waals surface area contributed by atoms with Crippen molar-refractivity contribution in [2.45, 2.75) is 38.6 Å². The van der Waals surface area contributed by atoms with Crippen molar-refractivity contribution >= 4 is 0 Å². The van der Waals surface area contributed by atoms with E-state index in [9.17, 15) is 0 Å². The van der Waals surface area contributed by atoms with Crippen LogP contribution >= 0.6 is 0 Å². The van der Waals surface area contributed by atoms with Crippen molar-refractivity contribution in [3.63, 3.8) is 0 Å². The maximum Gasteiger partial charge on any atom is 0.0589 e. The van der Waals surface area contributed by atoms with Gasteiger partial charge < -0.3 is 10.5 Å². The van der Waals surface area contributed by atoms with Crippen LogP contribution in [0, 0.1) is 5.41 Å². The summed E-state index contributed by atoms with van der Waals surface area (Å²) in [7, 11) is 3.93. The van der Waals surface area contributed by atoms with Crippen molar-refractivity contribution in [1.82, 2.24) is 4.90 Å². The molecule has 2 N–H and O–H groups in total. The van der Waals surface area contributed by atoms with E-state index in [0.29, 0.717) is 5.41 Å². The molecule has 3 heteroatoms. The SMILES string of the molecule is COCCN(C)C1(CN)CCC(C)(C)C1. The van der Waals surface area contributed by atoms with Crippen LogP contribution in [0.1, 0.15) is 33.1 Å². The summed E-state index contributed by atoms with van der Waals surface area (Å²) < 4.78 is 5.13. The molecule has 0 aliphatic heterocycles. The van der Waals surface area contributed by atoms with Gasteiger partial charge in [-0.25, -0.2) is 0 Å². The topological polar surface area (TPSA) is 38.5 Å². The van der Waals surface area contributed by atoms with Crippen LogP contribution in [-0.2, 0) is 4.74 Å². The van der Waals surface area contributed by atoms with Gasteiger partial charge in [0.05, 0.1) is 6.61 Å². The fourth-order valence-electron chi connectivity index (χ4n) is 2.76. The number of hydrogen-bond donors (Lipinski definition) is 1. The molecule has 90 valence electrons. The number of likely N-dealkylation sites (N-methyl/N-ethyl adjacent to an activating group) is 1. The maximum absolute atomic E-state index is 5.98. The molecule has 0 spiro atoms. The van der Waals surface area contributed by atoms with Crippen molar-refractivity contribution in [3.05, 3.63) is 0 Å². The van der Waals surface area contributed by atoms with Gasteiger partial charge in [0.1, 0.15) is 0 Å². The highest BCUT2D eigenvalue weighted by Crippen LogP contribution is 2.45. The number of nitrogens with zero attached hydrogens (tertiary/aromatic N) is 1. The Morgan fingerprint density at radius 2 is 2.00 bits per heavy atom. The van der Waals surface area contributed by atoms with Gasteiger partial charge in [-0.3, -0.25) is 4.90 Å². The Hall–Kier alpha value is -0.120. The lowest BCUT2D eigenvalue weighted by molar-refractivity contribution is 0.0797. The van der Waals surface area contributed by atoms with Gasteiger partial charge in [0.15, 0.2) is 0 Å². The fourth-order valence-corrected chi connectivity index (χ4v) is 2.76. The average molecular weight is 214 g/mol. The van der Waals surface area contributed by atoms with Crippen LogP contribution in [0.4, 0.5) is 0 Å². The molecule has 0 aromatic carbocycles. The van der Waals surface area contributed by atoms with Crippen molar-refractivity contribution in [2.75, 3.05) is 33.9 Å². The van der Waals surface area contributed by atoms with Gasteiger partial charge in [0.25, 0.3) is 0 Å². The minimum atomic E-state index is 0.210. The van der Waals surface area contributed by atoms with Crippen molar-refractivity contribution in [1.29, 1.82) is 0 Å². The second kappa shape index (κ2) is 4.81. The van der Waals surface area contributed by atoms with E-state index in [-0.39, 0.29) is 5.54 Å². The molecule has 3 nitrogen and oxygen atoms in total. The first-order chi connectivity index (χ1) is 6.96. The van der Waals surface area contributed by atoms with E-state index in [2.05, 4.69) is 25.8 Å². The van der Waals surface area contributed by atoms with E-state index < -0.39 is 0 Å². The average Bonchev–Trinajstić information content (AvgIpc) is 2.52. The lowest BCUT2D eigenvalue weighted by atomic mass is 9.87. The summed E-state index contributed by atoms with van der Waals surface area (Å²) in [5.74, 6) is 0. The molecular formula is C12H26N2O. The molecule has 0 bridgehead atoms. The monoisotopic (exact) mass is 214 g/mol. The molecule has 0 aromatic heterocycles.